The molecule has 5 N–H and O–H groups in total. The van der Waals surface area contributed by atoms with Gasteiger partial charge in [-0.25, -0.2) is 98.1 Å². The fourth-order valence-electron chi connectivity index (χ4n) is 11.9. The number of esters is 2. The number of methoxy groups -OCH3 is 2. The van der Waals surface area contributed by atoms with Crippen molar-refractivity contribution in [3.05, 3.63) is 340 Å². The number of hydrogen-bond acceptors (Lipinski definition) is 25. The van der Waals surface area contributed by atoms with E-state index in [1.807, 2.05) is 45.9 Å². The predicted molar refractivity (Wildman–Crippen MR) is 610 cm³/mol. The molecule has 2 amide bonds. The van der Waals surface area contributed by atoms with Gasteiger partial charge in [0.2, 0.25) is 0 Å². The zero-order valence-corrected chi connectivity index (χ0v) is 99.4. The van der Waals surface area contributed by atoms with Gasteiger partial charge in [0.15, 0.2) is 29.1 Å². The minimum Gasteiger partial charge on any atom is -0.477 e. The summed E-state index contributed by atoms with van der Waals surface area (Å²) in [5.74, 6) is -10.1. The molecule has 8 aromatic heterocycles. The molecule has 812 valence electrons. The molecule has 1 fully saturated rings. The second kappa shape index (κ2) is 60.8. The minimum absolute atomic E-state index is 0. The number of halogens is 16. The number of hydrogen-bond donors (Lipinski definition) is 5. The molecule has 13 rings (SSSR count). The normalized spacial score (nSPS) is 12.1. The number of Topliss-reactive ketones (excluding diaryl/α,β-unsaturated/α-hetero) is 1. The smallest absolute Gasteiger partial charge is 0.477 e. The molecule has 1 saturated heterocycles. The van der Waals surface area contributed by atoms with Gasteiger partial charge in [-0.15, -0.1) is 0 Å². The largest absolute Gasteiger partial charge is 0.497 e. The van der Waals surface area contributed by atoms with Crippen LogP contribution >= 0.6 is 189 Å². The van der Waals surface area contributed by atoms with Gasteiger partial charge in [0.05, 0.1) is 90.4 Å². The molecule has 0 spiro atoms. The molecule has 0 bridgehead atoms. The zero-order chi connectivity index (χ0) is 110. The molecule has 150 heavy (non-hydrogen) atoms. The average molecular weight is 2900 g/mol. The van der Waals surface area contributed by atoms with Crippen molar-refractivity contribution in [1.82, 2.24) is 42.9 Å². The van der Waals surface area contributed by atoms with Crippen molar-refractivity contribution in [2.75, 3.05) is 14.2 Å². The van der Waals surface area contributed by atoms with Crippen LogP contribution < -0.4 is 16.6 Å². The van der Waals surface area contributed by atoms with Crippen molar-refractivity contribution in [3.63, 3.8) is 0 Å². The number of alkyl halides is 2. The first-order chi connectivity index (χ1) is 67.7. The molecule has 0 atom stereocenters. The van der Waals surface area contributed by atoms with E-state index in [-0.39, 0.29) is 119 Å². The fraction of sp³-hybridized carbons (Fsp3) is 0.286. The Bertz CT molecular complexity index is 6840. The van der Waals surface area contributed by atoms with E-state index in [4.69, 9.17) is 44.3 Å². The Morgan fingerprint density at radius 2 is 0.820 bits per heavy atom. The van der Waals surface area contributed by atoms with Gasteiger partial charge in [0.1, 0.15) is 45.2 Å². The zero-order valence-electron chi connectivity index (χ0n) is 78.6. The molecular weight excluding hydrogens is 2800 g/mol. The van der Waals surface area contributed by atoms with E-state index in [0.717, 1.165) is 48.1 Å². The second-order valence-electron chi connectivity index (χ2n) is 33.1. The van der Waals surface area contributed by atoms with E-state index in [0.29, 0.717) is 69.0 Å². The summed E-state index contributed by atoms with van der Waals surface area (Å²) in [5.41, 5.74) is 0.504. The SMILES string of the molecule is BrP(Br)(Br)(Br)Br.C.C.C.C.CC1(C)OB(c2cn(S(=O)(=O)c3ccccc3)c3ccccc23)OC1(C)C.COC(=O)c1cc(Br)cc(CCC(=O)c2cccn(Cc3ccc(F)c(F)c3)c2=O)n1.COC(=O)c1cc(Br)cc(CN(C(=O)OC(C)(C)C)C(=O)OC(C)(C)C)n1.O=C(O)c1cc(Br)cc(CBr)n1.O=C(O)c1cc(Br)cc(CBr)n1.O=C(O)c1cc(Br)cc(CO)n1.O=C(O)c1cccn(Cc2ccc(F)c(F)c2)c1=O. The summed E-state index contributed by atoms with van der Waals surface area (Å²) in [7, 11) is -1.88. The third-order valence-electron chi connectivity index (χ3n) is 19.0. The van der Waals surface area contributed by atoms with Gasteiger partial charge in [-0.3, -0.25) is 14.4 Å². The van der Waals surface area contributed by atoms with Gasteiger partial charge < -0.3 is 62.9 Å². The molecule has 4 aromatic carbocycles. The Kier molecular flexibility index (Phi) is 55.6. The predicted octanol–water partition coefficient (Wildman–Crippen LogP) is 26.8. The number of benzene rings is 4. The topological polar surface area (TPSA) is 461 Å². The maximum atomic E-state index is 13.4. The molecule has 0 saturated carbocycles. The summed E-state index contributed by atoms with van der Waals surface area (Å²) < 4.78 is 116. The first-order valence-electron chi connectivity index (χ1n) is 41.8. The third-order valence-corrected chi connectivity index (χ3v) is 24.1. The van der Waals surface area contributed by atoms with E-state index < -0.39 is 128 Å². The number of carbonyl (C=O) groups excluding carboxylic acids is 5. The first-order valence-corrected chi connectivity index (χ1v) is 61.8. The van der Waals surface area contributed by atoms with Crippen LogP contribution in [0.1, 0.15) is 218 Å². The molecule has 0 aliphatic carbocycles. The molecule has 1 aliphatic rings. The van der Waals surface area contributed by atoms with Crippen LogP contribution in [-0.4, -0.2) is 174 Å². The second-order valence-corrected chi connectivity index (χ2v) is 91.7. The number of pyridine rings is 7. The standard InChI is InChI=1S/C22H17BrF2N2O4.C20H22BNO4S.C18H25BrN2O6.C13H9F2NO3.2C7H5Br2NO2.C7H6BrNO3.4CH4.Br5P/c1-31-22(30)19-11-14(23)10-15(26-19)5-7-20(28)16-3-2-8-27(21(16)29)12-13-4-6-17(24)18(25)9-13;1-19(2)20(3,4)26-21(25-19)17-14-22(18-13-9-8-12-16(17)18)27(23,24)15-10-6-5-7-11-15;1-17(2,3)26-15(23)21(16(24)27-18(4,5)6)10-12-8-11(19)9-13(20-12)14(22)25-7;14-10-4-3-8(6-11(10)15)7-16-5-1-2-9(12(16)17)13(18)19;2*8-3-5-1-4(9)2-6(10-5)7(11)12;8-4-1-5(3-10)9-6(2-4)7(11)12;;;;;1-6(2,3,4)5/h2-4,6,8-11H,5,7,12H2,1H3;5-14H,1-4H3;8-9H,10H2,1-7H3;1-6H,7H2,(H,18,19);2*1-2H,3H2,(H,11,12);1-2,10H,3H2,(H,11,12);4*1H4;. The minimum atomic E-state index is -3.73. The number of carbonyl (C=O) groups is 9. The number of aromatic carboxylic acids is 4. The number of nitrogens with zero attached hydrogens (tertiary/aromatic N) is 9. The van der Waals surface area contributed by atoms with E-state index in [9.17, 15) is 78.7 Å². The Hall–Kier alpha value is -8.90. The van der Waals surface area contributed by atoms with Crippen LogP contribution in [0.25, 0.3) is 10.9 Å². The monoisotopic (exact) mass is 2890 g/mol. The van der Waals surface area contributed by atoms with E-state index in [1.165, 1.54) is 95.8 Å². The maximum absolute atomic E-state index is 13.4. The van der Waals surface area contributed by atoms with Crippen molar-refractivity contribution in [1.29, 1.82) is 0 Å². The van der Waals surface area contributed by atoms with Gasteiger partial charge in [-0.1, -0.05) is 190 Å². The Morgan fingerprint density at radius 3 is 1.20 bits per heavy atom. The molecule has 52 heteroatoms. The van der Waals surface area contributed by atoms with Gasteiger partial charge in [0.25, 0.3) is 21.1 Å². The number of carboxylic acids is 4. The van der Waals surface area contributed by atoms with Crippen LogP contribution in [0, 0.1) is 23.3 Å². The van der Waals surface area contributed by atoms with Crippen molar-refractivity contribution in [2.45, 2.75) is 176 Å². The summed E-state index contributed by atoms with van der Waals surface area (Å²) in [4.78, 5) is 149. The average Bonchev–Trinajstić information content (AvgIpc) is 1.58. The number of aliphatic hydroxyl groups is 1. The number of rotatable bonds is 22. The van der Waals surface area contributed by atoms with Crippen LogP contribution in [0.3, 0.4) is 0 Å². The first kappa shape index (κ1) is 137. The maximum Gasteiger partial charge on any atom is 0.497 e. The summed E-state index contributed by atoms with van der Waals surface area (Å²) in [6.45, 7) is 17.5. The number of aliphatic hydroxyl groups excluding tert-OH is 1. The van der Waals surface area contributed by atoms with Crippen LogP contribution in [0.4, 0.5) is 27.2 Å². The van der Waals surface area contributed by atoms with Gasteiger partial charge in [0, 0.05) is 74.6 Å². The number of carboxylic acid groups (broad SMARTS) is 4. The number of imide groups is 1. The van der Waals surface area contributed by atoms with Crippen LogP contribution in [0.15, 0.2) is 231 Å². The van der Waals surface area contributed by atoms with Gasteiger partial charge in [-0.05, 0) is 214 Å². The van der Waals surface area contributed by atoms with Crippen LogP contribution in [-0.2, 0) is 81.6 Å². The molecule has 9 heterocycles. The molecule has 0 unspecified atom stereocenters. The van der Waals surface area contributed by atoms with Crippen LogP contribution in [0.5, 0.6) is 0 Å². The number of amides is 2. The van der Waals surface area contributed by atoms with Crippen molar-refractivity contribution in [2.24, 2.45) is 0 Å². The number of fused-ring (bicyclic) bond motifs is 1. The quantitative estimate of drug-likeness (QED) is 0.00800. The van der Waals surface area contributed by atoms with Gasteiger partial charge in [-0.2, -0.15) is 0 Å². The number of aryl methyl sites for hydroxylation is 1. The number of ketones is 1. The van der Waals surface area contributed by atoms with Crippen molar-refractivity contribution >= 4 is 276 Å². The summed E-state index contributed by atoms with van der Waals surface area (Å²) in [6.07, 6.45) is 2.93. The van der Waals surface area contributed by atoms with Gasteiger partial charge >= 0.3 is 133 Å². The Balaban J connectivity index is 0.000000598. The van der Waals surface area contributed by atoms with E-state index in [1.54, 1.807) is 121 Å². The van der Waals surface area contributed by atoms with Crippen molar-refractivity contribution in [3.8, 4) is 0 Å². The number of para-hydroxylation sites is 1. The molecule has 33 nitrogen and oxygen atoms in total. The van der Waals surface area contributed by atoms with E-state index in [2.05, 4.69) is 223 Å². The number of ether oxygens (including phenoxy) is 4. The fourth-order valence-corrected chi connectivity index (χ4v) is 16.3. The Morgan fingerprint density at radius 1 is 0.467 bits per heavy atom. The third kappa shape index (κ3) is 44.5. The van der Waals surface area contributed by atoms with Crippen molar-refractivity contribution < 1.29 is 123 Å². The molecule has 12 aromatic rings. The van der Waals surface area contributed by atoms with Crippen LogP contribution in [0.2, 0.25) is 0 Å². The molecular formula is C98H105BBr12F4N9O24PS. The molecule has 1 aliphatic heterocycles. The summed E-state index contributed by atoms with van der Waals surface area (Å²) in [5, 5.41) is 45.2. The molecule has 0 radical (unpaired) electrons. The Labute approximate surface area is 962 Å². The summed E-state index contributed by atoms with van der Waals surface area (Å²) in [6, 6.07) is 43.6. The van der Waals surface area contributed by atoms with E-state index >= 15 is 0 Å². The summed E-state index contributed by atoms with van der Waals surface area (Å²) >= 11 is 38.8. The number of aromatic nitrogens is 8.